The van der Waals surface area contributed by atoms with Gasteiger partial charge in [-0.3, -0.25) is 0 Å². The van der Waals surface area contributed by atoms with Crippen molar-refractivity contribution in [2.45, 2.75) is 51.0 Å². The number of hydrogen-bond donors (Lipinski definition) is 5. The molecule has 0 aliphatic heterocycles. The summed E-state index contributed by atoms with van der Waals surface area (Å²) in [5, 5.41) is 33.6. The molecule has 6 nitrogen and oxygen atoms in total. The molecule has 0 aromatic heterocycles. The summed E-state index contributed by atoms with van der Waals surface area (Å²) in [6, 6.07) is -0.906. The van der Waals surface area contributed by atoms with E-state index in [1.54, 1.807) is 0 Å². The molecule has 0 heterocycles. The molecule has 0 spiro atoms. The van der Waals surface area contributed by atoms with Gasteiger partial charge in [-0.25, -0.2) is 4.79 Å². The van der Waals surface area contributed by atoms with E-state index < -0.39 is 18.2 Å². The molecule has 1 saturated carbocycles. The Kier molecular flexibility index (Phi) is 4.35. The van der Waals surface area contributed by atoms with Crippen LogP contribution in [0.2, 0.25) is 0 Å². The smallest absolute Gasteiger partial charge is 0.315 e. The molecule has 0 aromatic carbocycles. The molecule has 1 aliphatic rings. The predicted octanol–water partition coefficient (Wildman–Crippen LogP) is -0.813. The van der Waals surface area contributed by atoms with Crippen LogP contribution in [0.1, 0.15) is 27.2 Å². The second-order valence-corrected chi connectivity index (χ2v) is 5.61. The summed E-state index contributed by atoms with van der Waals surface area (Å²) < 4.78 is 0. The fourth-order valence-electron chi connectivity index (χ4n) is 1.99. The van der Waals surface area contributed by atoms with Crippen molar-refractivity contribution in [3.05, 3.63) is 0 Å². The van der Waals surface area contributed by atoms with Crippen molar-refractivity contribution < 1.29 is 20.1 Å². The van der Waals surface area contributed by atoms with E-state index in [1.807, 2.05) is 20.8 Å². The van der Waals surface area contributed by atoms with Gasteiger partial charge in [0, 0.05) is 18.1 Å². The third kappa shape index (κ3) is 3.83. The van der Waals surface area contributed by atoms with E-state index in [0.717, 1.165) is 0 Å². The van der Waals surface area contributed by atoms with E-state index in [-0.39, 0.29) is 24.1 Å². The number of aliphatic hydroxyl groups is 3. The highest BCUT2D eigenvalue weighted by molar-refractivity contribution is 5.75. The molecule has 0 aromatic rings. The largest absolute Gasteiger partial charge is 0.396 e. The SMILES string of the molecule is CC(C)(C)NC(=O)NC1CC(CO)C(O)C1O. The van der Waals surface area contributed by atoms with Gasteiger partial charge in [-0.05, 0) is 27.2 Å². The molecule has 6 heteroatoms. The Morgan fingerprint density at radius 1 is 1.29 bits per heavy atom. The number of hydrogen-bond acceptors (Lipinski definition) is 4. The van der Waals surface area contributed by atoms with Crippen LogP contribution in [-0.2, 0) is 0 Å². The summed E-state index contributed by atoms with van der Waals surface area (Å²) in [5.74, 6) is -0.384. The quantitative estimate of drug-likeness (QED) is 0.439. The Labute approximate surface area is 101 Å². The summed E-state index contributed by atoms with van der Waals surface area (Å²) in [7, 11) is 0. The monoisotopic (exact) mass is 246 g/mol. The van der Waals surface area contributed by atoms with E-state index in [2.05, 4.69) is 10.6 Å². The van der Waals surface area contributed by atoms with Crippen LogP contribution >= 0.6 is 0 Å². The molecular formula is C11H22N2O4. The molecule has 17 heavy (non-hydrogen) atoms. The highest BCUT2D eigenvalue weighted by Crippen LogP contribution is 2.26. The van der Waals surface area contributed by atoms with Crippen LogP contribution < -0.4 is 10.6 Å². The number of aliphatic hydroxyl groups excluding tert-OH is 3. The Hall–Kier alpha value is -0.850. The number of carbonyl (C=O) groups excluding carboxylic acids is 1. The third-order valence-electron chi connectivity index (χ3n) is 2.84. The van der Waals surface area contributed by atoms with E-state index in [1.165, 1.54) is 0 Å². The van der Waals surface area contributed by atoms with Gasteiger partial charge in [0.15, 0.2) is 0 Å². The molecule has 5 N–H and O–H groups in total. The highest BCUT2D eigenvalue weighted by atomic mass is 16.3. The maximum atomic E-state index is 11.6. The molecule has 2 amide bonds. The molecule has 0 bridgehead atoms. The van der Waals surface area contributed by atoms with Crippen LogP contribution in [0.25, 0.3) is 0 Å². The van der Waals surface area contributed by atoms with E-state index in [4.69, 9.17) is 5.11 Å². The molecule has 0 radical (unpaired) electrons. The summed E-state index contributed by atoms with van der Waals surface area (Å²) >= 11 is 0. The van der Waals surface area contributed by atoms with Crippen LogP contribution in [0.3, 0.4) is 0 Å². The van der Waals surface area contributed by atoms with Gasteiger partial charge in [0.05, 0.1) is 12.1 Å². The van der Waals surface area contributed by atoms with Crippen LogP contribution in [0.4, 0.5) is 4.79 Å². The fourth-order valence-corrected chi connectivity index (χ4v) is 1.99. The lowest BCUT2D eigenvalue weighted by Crippen LogP contribution is -2.52. The predicted molar refractivity (Wildman–Crippen MR) is 62.4 cm³/mol. The highest BCUT2D eigenvalue weighted by Gasteiger charge is 2.41. The Balaban J connectivity index is 2.50. The van der Waals surface area contributed by atoms with Gasteiger partial charge in [0.25, 0.3) is 0 Å². The van der Waals surface area contributed by atoms with Crippen molar-refractivity contribution >= 4 is 6.03 Å². The lowest BCUT2D eigenvalue weighted by atomic mass is 10.1. The standard InChI is InChI=1S/C11H22N2O4/c1-11(2,3)13-10(17)12-7-4-6(5-14)8(15)9(7)16/h6-9,14-16H,4-5H2,1-3H3,(H2,12,13,17). The normalized spacial score (nSPS) is 33.5. The first kappa shape index (κ1) is 14.2. The molecule has 100 valence electrons. The minimum atomic E-state index is -1.03. The van der Waals surface area contributed by atoms with Gasteiger partial charge in [-0.2, -0.15) is 0 Å². The molecule has 4 unspecified atom stereocenters. The van der Waals surface area contributed by atoms with Gasteiger partial charge in [0.1, 0.15) is 6.10 Å². The zero-order valence-electron chi connectivity index (χ0n) is 10.5. The van der Waals surface area contributed by atoms with Gasteiger partial charge in [-0.1, -0.05) is 0 Å². The second-order valence-electron chi connectivity index (χ2n) is 5.61. The average molecular weight is 246 g/mol. The number of nitrogens with one attached hydrogen (secondary N) is 2. The topological polar surface area (TPSA) is 102 Å². The van der Waals surface area contributed by atoms with Crippen LogP contribution in [-0.4, -0.2) is 51.7 Å². The van der Waals surface area contributed by atoms with Crippen molar-refractivity contribution in [2.75, 3.05) is 6.61 Å². The number of amides is 2. The third-order valence-corrected chi connectivity index (χ3v) is 2.84. The first-order valence-corrected chi connectivity index (χ1v) is 5.80. The van der Waals surface area contributed by atoms with Gasteiger partial charge >= 0.3 is 6.03 Å². The van der Waals surface area contributed by atoms with Crippen molar-refractivity contribution in [2.24, 2.45) is 5.92 Å². The zero-order valence-corrected chi connectivity index (χ0v) is 10.5. The van der Waals surface area contributed by atoms with E-state index in [9.17, 15) is 15.0 Å². The molecular weight excluding hydrogens is 224 g/mol. The Bertz CT molecular complexity index is 277. The lowest BCUT2D eigenvalue weighted by Gasteiger charge is -2.24. The van der Waals surface area contributed by atoms with Crippen molar-refractivity contribution in [3.8, 4) is 0 Å². The summed E-state index contributed by atoms with van der Waals surface area (Å²) in [5.41, 5.74) is -0.358. The van der Waals surface area contributed by atoms with Gasteiger partial charge < -0.3 is 26.0 Å². The molecule has 1 aliphatic carbocycles. The van der Waals surface area contributed by atoms with Crippen molar-refractivity contribution in [1.82, 2.24) is 10.6 Å². The maximum absolute atomic E-state index is 11.6. The maximum Gasteiger partial charge on any atom is 0.315 e. The summed E-state index contributed by atoms with van der Waals surface area (Å²) in [6.07, 6.45) is -1.64. The van der Waals surface area contributed by atoms with Crippen molar-refractivity contribution in [3.63, 3.8) is 0 Å². The molecule has 0 saturated heterocycles. The first-order chi connectivity index (χ1) is 7.74. The minimum absolute atomic E-state index is 0.197. The Morgan fingerprint density at radius 2 is 1.88 bits per heavy atom. The molecule has 4 atom stereocenters. The first-order valence-electron chi connectivity index (χ1n) is 5.80. The zero-order chi connectivity index (χ0) is 13.2. The molecule has 1 rings (SSSR count). The van der Waals surface area contributed by atoms with Crippen LogP contribution in [0.5, 0.6) is 0 Å². The van der Waals surface area contributed by atoms with Crippen LogP contribution in [0.15, 0.2) is 0 Å². The Morgan fingerprint density at radius 3 is 2.29 bits per heavy atom. The van der Waals surface area contributed by atoms with E-state index >= 15 is 0 Å². The number of carbonyl (C=O) groups is 1. The second kappa shape index (κ2) is 5.20. The lowest BCUT2D eigenvalue weighted by molar-refractivity contribution is 0.000775. The average Bonchev–Trinajstić information content (AvgIpc) is 2.43. The molecule has 1 fully saturated rings. The van der Waals surface area contributed by atoms with E-state index in [0.29, 0.717) is 6.42 Å². The summed E-state index contributed by atoms with van der Waals surface area (Å²) in [4.78, 5) is 11.6. The number of urea groups is 1. The van der Waals surface area contributed by atoms with Crippen LogP contribution in [0, 0.1) is 5.92 Å². The summed E-state index contributed by atoms with van der Waals surface area (Å²) in [6.45, 7) is 5.35. The van der Waals surface area contributed by atoms with Crippen molar-refractivity contribution in [1.29, 1.82) is 0 Å². The van der Waals surface area contributed by atoms with Gasteiger partial charge in [-0.15, -0.1) is 0 Å². The van der Waals surface area contributed by atoms with Gasteiger partial charge in [0.2, 0.25) is 0 Å². The fraction of sp³-hybridized carbons (Fsp3) is 0.909. The number of rotatable bonds is 2. The minimum Gasteiger partial charge on any atom is -0.396 e.